The number of carbonyl (C=O) groups excluding carboxylic acids is 1. The lowest BCUT2D eigenvalue weighted by Gasteiger charge is -2.34. The quantitative estimate of drug-likeness (QED) is 0.812. The lowest BCUT2D eigenvalue weighted by molar-refractivity contribution is 0.0643. The topological polar surface area (TPSA) is 79.8 Å². The summed E-state index contributed by atoms with van der Waals surface area (Å²) in [7, 11) is 0. The monoisotopic (exact) mass is 274 g/mol. The average Bonchev–Trinajstić information content (AvgIpc) is 2.92. The Kier molecular flexibility index (Phi) is 3.62. The fraction of sp³-hybridized carbons (Fsp3) is 0.462. The SMILES string of the molecule is NCCN1CCN(C(=O)c2cnn3ccncc23)CC1. The summed E-state index contributed by atoms with van der Waals surface area (Å²) in [6, 6.07) is 0. The van der Waals surface area contributed by atoms with E-state index in [1.807, 2.05) is 4.90 Å². The standard InChI is InChI=1S/C13H18N6O/c14-1-3-17-5-7-18(8-6-17)13(20)11-9-16-19-4-2-15-10-12(11)19/h2,4,9-10H,1,3,5-8,14H2. The number of rotatable bonds is 3. The summed E-state index contributed by atoms with van der Waals surface area (Å²) in [4.78, 5) is 20.7. The largest absolute Gasteiger partial charge is 0.336 e. The molecule has 0 atom stereocenters. The van der Waals surface area contributed by atoms with Crippen molar-refractivity contribution >= 4 is 11.4 Å². The molecule has 0 aromatic carbocycles. The van der Waals surface area contributed by atoms with Crippen molar-refractivity contribution in [3.8, 4) is 0 Å². The van der Waals surface area contributed by atoms with Crippen LogP contribution in [-0.4, -0.2) is 69.6 Å². The molecular formula is C13H18N6O. The first-order valence-corrected chi connectivity index (χ1v) is 6.78. The molecule has 0 spiro atoms. The van der Waals surface area contributed by atoms with E-state index >= 15 is 0 Å². The summed E-state index contributed by atoms with van der Waals surface area (Å²) in [5.74, 6) is 0.0281. The fourth-order valence-electron chi connectivity index (χ4n) is 2.53. The first-order chi connectivity index (χ1) is 9.79. The Morgan fingerprint density at radius 3 is 2.80 bits per heavy atom. The smallest absolute Gasteiger partial charge is 0.257 e. The van der Waals surface area contributed by atoms with E-state index in [9.17, 15) is 4.79 Å². The maximum absolute atomic E-state index is 12.5. The lowest BCUT2D eigenvalue weighted by atomic mass is 10.2. The van der Waals surface area contributed by atoms with Crippen LogP contribution in [0.4, 0.5) is 0 Å². The molecule has 1 fully saturated rings. The Bertz CT molecular complexity index is 602. The minimum atomic E-state index is 0.0281. The predicted octanol–water partition coefficient (Wildman–Crippen LogP) is -0.554. The highest BCUT2D eigenvalue weighted by atomic mass is 16.2. The Morgan fingerprint density at radius 1 is 1.25 bits per heavy atom. The van der Waals surface area contributed by atoms with Gasteiger partial charge in [0.15, 0.2) is 0 Å². The second-order valence-corrected chi connectivity index (χ2v) is 4.89. The van der Waals surface area contributed by atoms with Crippen LogP contribution in [0.3, 0.4) is 0 Å². The van der Waals surface area contributed by atoms with Crippen LogP contribution >= 0.6 is 0 Å². The van der Waals surface area contributed by atoms with Crippen molar-refractivity contribution < 1.29 is 4.79 Å². The minimum absolute atomic E-state index is 0.0281. The summed E-state index contributed by atoms with van der Waals surface area (Å²) in [5, 5.41) is 4.18. The predicted molar refractivity (Wildman–Crippen MR) is 74.4 cm³/mol. The molecule has 7 heteroatoms. The van der Waals surface area contributed by atoms with Gasteiger partial charge < -0.3 is 10.6 Å². The molecule has 2 N–H and O–H groups in total. The molecule has 3 heterocycles. The third-order valence-corrected chi connectivity index (χ3v) is 3.66. The number of piperazine rings is 1. The van der Waals surface area contributed by atoms with Gasteiger partial charge in [-0.05, 0) is 0 Å². The zero-order valence-electron chi connectivity index (χ0n) is 11.3. The molecule has 20 heavy (non-hydrogen) atoms. The van der Waals surface area contributed by atoms with Crippen LogP contribution in [-0.2, 0) is 0 Å². The fourth-order valence-corrected chi connectivity index (χ4v) is 2.53. The molecular weight excluding hydrogens is 256 g/mol. The molecule has 0 unspecified atom stereocenters. The lowest BCUT2D eigenvalue weighted by Crippen LogP contribution is -2.49. The van der Waals surface area contributed by atoms with Crippen molar-refractivity contribution in [2.45, 2.75) is 0 Å². The van der Waals surface area contributed by atoms with E-state index < -0.39 is 0 Å². The van der Waals surface area contributed by atoms with Crippen LogP contribution < -0.4 is 5.73 Å². The Balaban J connectivity index is 1.74. The maximum atomic E-state index is 12.5. The highest BCUT2D eigenvalue weighted by Gasteiger charge is 2.23. The van der Waals surface area contributed by atoms with E-state index in [0.717, 1.165) is 38.2 Å². The van der Waals surface area contributed by atoms with E-state index in [1.165, 1.54) is 0 Å². The molecule has 1 saturated heterocycles. The number of amides is 1. The summed E-state index contributed by atoms with van der Waals surface area (Å²) in [6.45, 7) is 4.77. The molecule has 0 bridgehead atoms. The van der Waals surface area contributed by atoms with E-state index in [4.69, 9.17) is 5.73 Å². The third kappa shape index (κ3) is 2.37. The van der Waals surface area contributed by atoms with Crippen LogP contribution in [0.15, 0.2) is 24.8 Å². The van der Waals surface area contributed by atoms with Crippen molar-refractivity contribution in [2.24, 2.45) is 5.73 Å². The van der Waals surface area contributed by atoms with Gasteiger partial charge in [-0.25, -0.2) is 4.52 Å². The van der Waals surface area contributed by atoms with Crippen molar-refractivity contribution in [3.63, 3.8) is 0 Å². The second-order valence-electron chi connectivity index (χ2n) is 4.89. The average molecular weight is 274 g/mol. The van der Waals surface area contributed by atoms with Crippen LogP contribution in [0.2, 0.25) is 0 Å². The van der Waals surface area contributed by atoms with Crippen LogP contribution in [0, 0.1) is 0 Å². The second kappa shape index (κ2) is 5.56. The van der Waals surface area contributed by atoms with Gasteiger partial charge in [0.2, 0.25) is 0 Å². The van der Waals surface area contributed by atoms with Crippen molar-refractivity contribution in [2.75, 3.05) is 39.3 Å². The van der Waals surface area contributed by atoms with Gasteiger partial charge in [0.05, 0.1) is 23.5 Å². The number of nitrogens with two attached hydrogens (primary N) is 1. The van der Waals surface area contributed by atoms with Gasteiger partial charge in [0.25, 0.3) is 5.91 Å². The van der Waals surface area contributed by atoms with E-state index in [2.05, 4.69) is 15.0 Å². The molecule has 1 aliphatic heterocycles. The number of hydrogen-bond acceptors (Lipinski definition) is 5. The Hall–Kier alpha value is -1.99. The first-order valence-electron chi connectivity index (χ1n) is 6.78. The molecule has 0 radical (unpaired) electrons. The van der Waals surface area contributed by atoms with Gasteiger partial charge in [-0.3, -0.25) is 14.7 Å². The van der Waals surface area contributed by atoms with E-state index in [0.29, 0.717) is 12.1 Å². The summed E-state index contributed by atoms with van der Waals surface area (Å²) in [5.41, 5.74) is 6.92. The van der Waals surface area contributed by atoms with Gasteiger partial charge in [-0.1, -0.05) is 0 Å². The van der Waals surface area contributed by atoms with Gasteiger partial charge in [-0.2, -0.15) is 5.10 Å². The molecule has 2 aromatic rings. The summed E-state index contributed by atoms with van der Waals surface area (Å²) < 4.78 is 1.67. The Labute approximate surface area is 117 Å². The zero-order valence-corrected chi connectivity index (χ0v) is 11.3. The summed E-state index contributed by atoms with van der Waals surface area (Å²) in [6.07, 6.45) is 6.68. The third-order valence-electron chi connectivity index (χ3n) is 3.66. The number of nitrogens with zero attached hydrogens (tertiary/aromatic N) is 5. The molecule has 1 amide bonds. The highest BCUT2D eigenvalue weighted by Crippen LogP contribution is 2.13. The van der Waals surface area contributed by atoms with E-state index in [1.54, 1.807) is 29.3 Å². The maximum Gasteiger partial charge on any atom is 0.257 e. The minimum Gasteiger partial charge on any atom is -0.336 e. The van der Waals surface area contributed by atoms with Gasteiger partial charge in [0.1, 0.15) is 0 Å². The molecule has 2 aromatic heterocycles. The van der Waals surface area contributed by atoms with Crippen LogP contribution in [0.1, 0.15) is 10.4 Å². The molecule has 3 rings (SSSR count). The van der Waals surface area contributed by atoms with Crippen molar-refractivity contribution in [1.82, 2.24) is 24.4 Å². The van der Waals surface area contributed by atoms with E-state index in [-0.39, 0.29) is 5.91 Å². The van der Waals surface area contributed by atoms with Gasteiger partial charge in [0, 0.05) is 51.7 Å². The molecule has 0 saturated carbocycles. The number of carbonyl (C=O) groups is 1. The van der Waals surface area contributed by atoms with Crippen molar-refractivity contribution in [1.29, 1.82) is 0 Å². The summed E-state index contributed by atoms with van der Waals surface area (Å²) >= 11 is 0. The van der Waals surface area contributed by atoms with Crippen LogP contribution in [0.5, 0.6) is 0 Å². The van der Waals surface area contributed by atoms with Gasteiger partial charge >= 0.3 is 0 Å². The highest BCUT2D eigenvalue weighted by molar-refractivity contribution is 6.00. The van der Waals surface area contributed by atoms with Gasteiger partial charge in [-0.15, -0.1) is 0 Å². The zero-order chi connectivity index (χ0) is 13.9. The number of aromatic nitrogens is 3. The first kappa shape index (κ1) is 13.0. The number of fused-ring (bicyclic) bond motifs is 1. The van der Waals surface area contributed by atoms with Crippen molar-refractivity contribution in [3.05, 3.63) is 30.4 Å². The molecule has 0 aliphatic carbocycles. The molecule has 7 nitrogen and oxygen atoms in total. The van der Waals surface area contributed by atoms with Crippen LogP contribution in [0.25, 0.3) is 5.52 Å². The molecule has 106 valence electrons. The molecule has 1 aliphatic rings. The number of hydrogen-bond donors (Lipinski definition) is 1. The Morgan fingerprint density at radius 2 is 2.05 bits per heavy atom. The normalized spacial score (nSPS) is 16.8.